The zero-order valence-corrected chi connectivity index (χ0v) is 17.5. The molecule has 1 N–H and O–H groups in total. The number of rotatable bonds is 5. The molecule has 160 valence electrons. The number of sulfonamides is 1. The molecule has 5 rings (SSSR count). The Balaban J connectivity index is 1.44. The maximum absolute atomic E-state index is 13.9. The van der Waals surface area contributed by atoms with Gasteiger partial charge in [-0.1, -0.05) is 24.3 Å². The standard InChI is InChI=1S/C22H16FN5O3S/c1-14-25-26-21-22(24-18-7-3-4-8-19(18)28(14)21)31-16-12-10-15(11-13-16)27-32(29,30)20-9-5-2-6-17(20)23/h2-13,27H,1H3. The molecule has 0 aliphatic carbocycles. The number of anilines is 1. The van der Waals surface area contributed by atoms with Crippen molar-refractivity contribution in [1.29, 1.82) is 0 Å². The van der Waals surface area contributed by atoms with Gasteiger partial charge in [0.2, 0.25) is 5.65 Å². The SMILES string of the molecule is Cc1nnc2c(Oc3ccc(NS(=O)(=O)c4ccccc4F)cc3)nc3ccccc3n12. The van der Waals surface area contributed by atoms with E-state index in [1.165, 1.54) is 30.3 Å². The Morgan fingerprint density at radius 3 is 2.44 bits per heavy atom. The normalized spacial score (nSPS) is 11.7. The molecule has 0 aliphatic heterocycles. The first-order valence-corrected chi connectivity index (χ1v) is 11.1. The van der Waals surface area contributed by atoms with Gasteiger partial charge < -0.3 is 4.74 Å². The highest BCUT2D eigenvalue weighted by Crippen LogP contribution is 2.28. The van der Waals surface area contributed by atoms with Crippen LogP contribution in [0.3, 0.4) is 0 Å². The molecule has 10 heteroatoms. The second kappa shape index (κ2) is 7.57. The second-order valence-electron chi connectivity index (χ2n) is 6.97. The van der Waals surface area contributed by atoms with Crippen molar-refractivity contribution in [1.82, 2.24) is 19.6 Å². The minimum Gasteiger partial charge on any atom is -0.436 e. The predicted octanol–water partition coefficient (Wildman–Crippen LogP) is 4.32. The summed E-state index contributed by atoms with van der Waals surface area (Å²) in [7, 11) is -4.07. The lowest BCUT2D eigenvalue weighted by Gasteiger charge is -2.11. The molecule has 0 fully saturated rings. The van der Waals surface area contributed by atoms with E-state index in [1.807, 2.05) is 35.6 Å². The molecule has 2 aromatic heterocycles. The highest BCUT2D eigenvalue weighted by Gasteiger charge is 2.19. The Hall–Kier alpha value is -4.05. The van der Waals surface area contributed by atoms with E-state index in [2.05, 4.69) is 19.9 Å². The van der Waals surface area contributed by atoms with E-state index in [4.69, 9.17) is 4.74 Å². The van der Waals surface area contributed by atoms with Gasteiger partial charge >= 0.3 is 0 Å². The van der Waals surface area contributed by atoms with Crippen molar-refractivity contribution in [2.24, 2.45) is 0 Å². The number of para-hydroxylation sites is 2. The van der Waals surface area contributed by atoms with Gasteiger partial charge in [-0.2, -0.15) is 0 Å². The van der Waals surface area contributed by atoms with Gasteiger partial charge in [-0.25, -0.2) is 17.8 Å². The largest absolute Gasteiger partial charge is 0.436 e. The topological polar surface area (TPSA) is 98.5 Å². The van der Waals surface area contributed by atoms with E-state index >= 15 is 0 Å². The molecule has 8 nitrogen and oxygen atoms in total. The smallest absolute Gasteiger partial charge is 0.266 e. The first kappa shape index (κ1) is 19.9. The first-order valence-electron chi connectivity index (χ1n) is 9.58. The first-order chi connectivity index (χ1) is 15.4. The van der Waals surface area contributed by atoms with Crippen LogP contribution in [0.1, 0.15) is 5.82 Å². The number of ether oxygens (including phenoxy) is 1. The van der Waals surface area contributed by atoms with Gasteiger partial charge in [0, 0.05) is 5.69 Å². The third kappa shape index (κ3) is 3.50. The summed E-state index contributed by atoms with van der Waals surface area (Å²) >= 11 is 0. The van der Waals surface area contributed by atoms with Gasteiger partial charge in [0.1, 0.15) is 22.3 Å². The van der Waals surface area contributed by atoms with E-state index in [0.29, 0.717) is 22.7 Å². The monoisotopic (exact) mass is 449 g/mol. The summed E-state index contributed by atoms with van der Waals surface area (Å²) in [6.45, 7) is 1.84. The van der Waals surface area contributed by atoms with E-state index < -0.39 is 20.7 Å². The minimum absolute atomic E-state index is 0.260. The number of benzene rings is 3. The van der Waals surface area contributed by atoms with Crippen LogP contribution in [0, 0.1) is 12.7 Å². The molecular weight excluding hydrogens is 433 g/mol. The van der Waals surface area contributed by atoms with Crippen molar-refractivity contribution < 1.29 is 17.5 Å². The van der Waals surface area contributed by atoms with Crippen molar-refractivity contribution in [2.75, 3.05) is 4.72 Å². The fraction of sp³-hybridized carbons (Fsp3) is 0.0455. The number of hydrogen-bond donors (Lipinski definition) is 1. The van der Waals surface area contributed by atoms with Crippen LogP contribution in [0.4, 0.5) is 10.1 Å². The van der Waals surface area contributed by atoms with E-state index in [-0.39, 0.29) is 11.6 Å². The summed E-state index contributed by atoms with van der Waals surface area (Å²) in [5.74, 6) is 0.560. The molecule has 0 amide bonds. The molecule has 0 radical (unpaired) electrons. The lowest BCUT2D eigenvalue weighted by molar-refractivity contribution is 0.467. The third-order valence-corrected chi connectivity index (χ3v) is 6.22. The summed E-state index contributed by atoms with van der Waals surface area (Å²) in [4.78, 5) is 4.12. The molecular formula is C22H16FN5O3S. The molecule has 2 heterocycles. The Bertz CT molecular complexity index is 1570. The third-order valence-electron chi connectivity index (χ3n) is 4.81. The van der Waals surface area contributed by atoms with Crippen LogP contribution in [0.2, 0.25) is 0 Å². The summed E-state index contributed by atoms with van der Waals surface area (Å²) in [6.07, 6.45) is 0. The highest BCUT2D eigenvalue weighted by atomic mass is 32.2. The Morgan fingerprint density at radius 1 is 0.938 bits per heavy atom. The van der Waals surface area contributed by atoms with Crippen LogP contribution < -0.4 is 9.46 Å². The van der Waals surface area contributed by atoms with Gasteiger partial charge in [-0.15, -0.1) is 10.2 Å². The summed E-state index contributed by atoms with van der Waals surface area (Å²) in [5, 5.41) is 8.29. The maximum atomic E-state index is 13.9. The molecule has 0 aliphatic rings. The van der Waals surface area contributed by atoms with Gasteiger partial charge in [0.25, 0.3) is 15.9 Å². The Morgan fingerprint density at radius 2 is 1.66 bits per heavy atom. The minimum atomic E-state index is -4.07. The Labute approximate surface area is 182 Å². The molecule has 0 unspecified atom stereocenters. The molecule has 0 spiro atoms. The van der Waals surface area contributed by atoms with Crippen LogP contribution >= 0.6 is 0 Å². The number of aromatic nitrogens is 4. The fourth-order valence-corrected chi connectivity index (χ4v) is 4.48. The van der Waals surface area contributed by atoms with Gasteiger partial charge in [-0.3, -0.25) is 9.12 Å². The van der Waals surface area contributed by atoms with Crippen molar-refractivity contribution in [3.8, 4) is 11.6 Å². The van der Waals surface area contributed by atoms with Crippen LogP contribution in [-0.4, -0.2) is 28.0 Å². The lowest BCUT2D eigenvalue weighted by Crippen LogP contribution is -2.14. The lowest BCUT2D eigenvalue weighted by atomic mass is 10.3. The second-order valence-corrected chi connectivity index (χ2v) is 8.63. The average Bonchev–Trinajstić information content (AvgIpc) is 3.17. The number of nitrogens with zero attached hydrogens (tertiary/aromatic N) is 4. The van der Waals surface area contributed by atoms with Gasteiger partial charge in [0.15, 0.2) is 0 Å². The average molecular weight is 449 g/mol. The Kier molecular flexibility index (Phi) is 4.71. The predicted molar refractivity (Wildman–Crippen MR) is 117 cm³/mol. The molecule has 32 heavy (non-hydrogen) atoms. The number of nitrogens with one attached hydrogen (secondary N) is 1. The summed E-state index contributed by atoms with van der Waals surface area (Å²) in [5.41, 5.74) is 2.29. The quantitative estimate of drug-likeness (QED) is 0.429. The molecule has 0 bridgehead atoms. The van der Waals surface area contributed by atoms with Gasteiger partial charge in [-0.05, 0) is 55.5 Å². The van der Waals surface area contributed by atoms with Crippen LogP contribution in [0.25, 0.3) is 16.7 Å². The van der Waals surface area contributed by atoms with Crippen molar-refractivity contribution in [3.63, 3.8) is 0 Å². The van der Waals surface area contributed by atoms with Crippen molar-refractivity contribution in [3.05, 3.63) is 84.4 Å². The number of aryl methyl sites for hydroxylation is 1. The number of halogens is 1. The highest BCUT2D eigenvalue weighted by molar-refractivity contribution is 7.92. The molecule has 5 aromatic rings. The van der Waals surface area contributed by atoms with Gasteiger partial charge in [0.05, 0.1) is 11.0 Å². The number of hydrogen-bond acceptors (Lipinski definition) is 6. The van der Waals surface area contributed by atoms with Crippen molar-refractivity contribution >= 4 is 32.4 Å². The number of fused-ring (bicyclic) bond motifs is 3. The molecule has 0 saturated carbocycles. The van der Waals surface area contributed by atoms with E-state index in [9.17, 15) is 12.8 Å². The van der Waals surface area contributed by atoms with Crippen LogP contribution in [-0.2, 0) is 10.0 Å². The summed E-state index contributed by atoms with van der Waals surface area (Å²) in [6, 6.07) is 18.9. The molecule has 0 atom stereocenters. The van der Waals surface area contributed by atoms with Crippen molar-refractivity contribution in [2.45, 2.75) is 11.8 Å². The fourth-order valence-electron chi connectivity index (χ4n) is 3.34. The van der Waals surface area contributed by atoms with E-state index in [0.717, 1.165) is 11.6 Å². The van der Waals surface area contributed by atoms with E-state index in [1.54, 1.807) is 12.1 Å². The zero-order chi connectivity index (χ0) is 22.3. The summed E-state index contributed by atoms with van der Waals surface area (Å²) < 4.78 is 48.9. The van der Waals surface area contributed by atoms with Crippen LogP contribution in [0.15, 0.2) is 77.7 Å². The zero-order valence-electron chi connectivity index (χ0n) is 16.7. The maximum Gasteiger partial charge on any atom is 0.266 e. The molecule has 3 aromatic carbocycles. The van der Waals surface area contributed by atoms with Crippen LogP contribution in [0.5, 0.6) is 11.6 Å². The molecule has 0 saturated heterocycles.